The molecule has 0 saturated carbocycles. The normalized spacial score (nSPS) is 18.6. The van der Waals surface area contributed by atoms with Crippen molar-refractivity contribution in [2.75, 3.05) is 0 Å². The molecule has 1 fully saturated rings. The van der Waals surface area contributed by atoms with Crippen molar-refractivity contribution in [3.8, 4) is 11.4 Å². The van der Waals surface area contributed by atoms with Crippen LogP contribution in [0.5, 0.6) is 5.75 Å². The van der Waals surface area contributed by atoms with Gasteiger partial charge in [-0.1, -0.05) is 6.07 Å². The first-order valence-corrected chi connectivity index (χ1v) is 11.5. The number of carbonyl (C=O) groups is 1. The van der Waals surface area contributed by atoms with Crippen LogP contribution in [-0.4, -0.2) is 36.3 Å². The predicted octanol–water partition coefficient (Wildman–Crippen LogP) is 4.18. The number of aromatic nitrogens is 3. The molecule has 1 saturated heterocycles. The second kappa shape index (κ2) is 7.97. The van der Waals surface area contributed by atoms with Crippen LogP contribution in [0.2, 0.25) is 0 Å². The van der Waals surface area contributed by atoms with E-state index >= 15 is 0 Å². The molecule has 4 aromatic rings. The van der Waals surface area contributed by atoms with Crippen molar-refractivity contribution >= 4 is 17.0 Å². The average molecular weight is 474 g/mol. The second-order valence-electron chi connectivity index (χ2n) is 9.09. The van der Waals surface area contributed by atoms with Gasteiger partial charge >= 0.3 is 6.09 Å². The van der Waals surface area contributed by atoms with Crippen LogP contribution < -0.4 is 10.3 Å². The number of pyridine rings is 2. The van der Waals surface area contributed by atoms with Crippen LogP contribution >= 0.6 is 0 Å². The van der Waals surface area contributed by atoms with Gasteiger partial charge in [-0.05, 0) is 43.2 Å². The molecule has 178 valence electrons. The molecule has 1 N–H and O–H groups in total. The number of halogens is 1. The van der Waals surface area contributed by atoms with Gasteiger partial charge in [0.2, 0.25) is 0 Å². The first-order chi connectivity index (χ1) is 16.9. The van der Waals surface area contributed by atoms with Crippen molar-refractivity contribution in [3.63, 3.8) is 0 Å². The number of fused-ring (bicyclic) bond motifs is 6. The van der Waals surface area contributed by atoms with E-state index in [4.69, 9.17) is 4.74 Å². The molecule has 9 heteroatoms. The van der Waals surface area contributed by atoms with Crippen molar-refractivity contribution in [1.82, 2.24) is 19.0 Å². The largest absolute Gasteiger partial charge is 0.487 e. The number of carboxylic acid groups (broad SMARTS) is 1. The van der Waals surface area contributed by atoms with Crippen molar-refractivity contribution < 1.29 is 19.0 Å². The zero-order valence-corrected chi connectivity index (χ0v) is 19.0. The number of amides is 1. The summed E-state index contributed by atoms with van der Waals surface area (Å²) in [5.74, 6) is -0.0170. The lowest BCUT2D eigenvalue weighted by atomic mass is 9.97. The van der Waals surface area contributed by atoms with Crippen LogP contribution in [0, 0.1) is 5.82 Å². The third-order valence-electron chi connectivity index (χ3n) is 7.18. The van der Waals surface area contributed by atoms with Gasteiger partial charge in [0.15, 0.2) is 0 Å². The summed E-state index contributed by atoms with van der Waals surface area (Å²) >= 11 is 0. The highest BCUT2D eigenvalue weighted by atomic mass is 19.1. The van der Waals surface area contributed by atoms with E-state index in [-0.39, 0.29) is 24.2 Å². The molecule has 0 radical (unpaired) electrons. The Kier molecular flexibility index (Phi) is 4.87. The van der Waals surface area contributed by atoms with Crippen molar-refractivity contribution in [3.05, 3.63) is 88.0 Å². The van der Waals surface area contributed by atoms with E-state index in [9.17, 15) is 19.1 Å². The summed E-state index contributed by atoms with van der Waals surface area (Å²) in [5.41, 5.74) is 4.27. The molecule has 1 aromatic carbocycles. The lowest BCUT2D eigenvalue weighted by Crippen LogP contribution is -2.41. The zero-order valence-electron chi connectivity index (χ0n) is 19.0. The fourth-order valence-corrected chi connectivity index (χ4v) is 5.57. The average Bonchev–Trinajstić information content (AvgIpc) is 3.32. The molecule has 2 bridgehead atoms. The molecule has 2 unspecified atom stereocenters. The molecule has 35 heavy (non-hydrogen) atoms. The van der Waals surface area contributed by atoms with E-state index in [1.54, 1.807) is 21.7 Å². The minimum Gasteiger partial charge on any atom is -0.487 e. The molecule has 3 aromatic heterocycles. The van der Waals surface area contributed by atoms with Crippen LogP contribution in [-0.2, 0) is 20.1 Å². The third kappa shape index (κ3) is 3.46. The summed E-state index contributed by atoms with van der Waals surface area (Å²) in [5, 5.41) is 10.8. The van der Waals surface area contributed by atoms with Crippen LogP contribution in [0.1, 0.15) is 35.8 Å². The Bertz CT molecular complexity index is 1530. The SMILES string of the molecule is Cn1c2c(c3ccc(-n4ccc(OCc5ccc(F)cn5)cc4=O)cc31)C1CCC(C2)N1C(=O)O. The topological polar surface area (TPSA) is 89.6 Å². The fourth-order valence-electron chi connectivity index (χ4n) is 5.57. The van der Waals surface area contributed by atoms with Gasteiger partial charge in [0, 0.05) is 48.4 Å². The van der Waals surface area contributed by atoms with Crippen LogP contribution in [0.25, 0.3) is 16.6 Å². The van der Waals surface area contributed by atoms with Gasteiger partial charge in [0.05, 0.1) is 29.1 Å². The van der Waals surface area contributed by atoms with E-state index in [1.165, 1.54) is 23.9 Å². The lowest BCUT2D eigenvalue weighted by molar-refractivity contribution is 0.116. The monoisotopic (exact) mass is 474 g/mol. The number of rotatable bonds is 4. The van der Waals surface area contributed by atoms with E-state index < -0.39 is 11.9 Å². The summed E-state index contributed by atoms with van der Waals surface area (Å²) in [6.45, 7) is 0.125. The first-order valence-electron chi connectivity index (χ1n) is 11.5. The standard InChI is InChI=1S/C26H23FN4O4/c1-29-22-10-17(4-6-20(22)25-21-7-5-18(11-23(25)29)31(21)26(33)34)30-9-8-19(12-24(30)32)35-14-16-3-2-15(27)13-28-16/h2-4,6,8-10,12-13,18,21H,5,7,11,14H2,1H3,(H,33,34). The van der Waals surface area contributed by atoms with Gasteiger partial charge in [-0.15, -0.1) is 0 Å². The van der Waals surface area contributed by atoms with E-state index in [0.717, 1.165) is 35.5 Å². The van der Waals surface area contributed by atoms with Crippen molar-refractivity contribution in [1.29, 1.82) is 0 Å². The van der Waals surface area contributed by atoms with Gasteiger partial charge < -0.3 is 14.4 Å². The second-order valence-corrected chi connectivity index (χ2v) is 9.09. The van der Waals surface area contributed by atoms with Gasteiger partial charge in [0.1, 0.15) is 18.2 Å². The Morgan fingerprint density at radius 3 is 2.80 bits per heavy atom. The number of benzene rings is 1. The summed E-state index contributed by atoms with van der Waals surface area (Å²) in [6.07, 6.45) is 4.34. The Morgan fingerprint density at radius 1 is 1.20 bits per heavy atom. The molecule has 0 aliphatic carbocycles. The molecular formula is C26H23FN4O4. The Balaban J connectivity index is 1.31. The molecule has 2 aliphatic heterocycles. The fraction of sp³-hybridized carbons (Fsp3) is 0.269. The molecular weight excluding hydrogens is 451 g/mol. The summed E-state index contributed by atoms with van der Waals surface area (Å²) < 4.78 is 22.3. The molecule has 6 rings (SSSR count). The Morgan fingerprint density at radius 2 is 2.06 bits per heavy atom. The van der Waals surface area contributed by atoms with Gasteiger partial charge in [-0.25, -0.2) is 9.18 Å². The van der Waals surface area contributed by atoms with E-state index in [0.29, 0.717) is 23.6 Å². The highest BCUT2D eigenvalue weighted by molar-refractivity contribution is 5.89. The molecule has 1 amide bonds. The predicted molar refractivity (Wildman–Crippen MR) is 126 cm³/mol. The molecule has 8 nitrogen and oxygen atoms in total. The maximum atomic E-state index is 13.0. The Labute approximate surface area is 199 Å². The number of ether oxygens (including phenoxy) is 1. The Hall–Kier alpha value is -4.14. The van der Waals surface area contributed by atoms with Crippen LogP contribution in [0.15, 0.2) is 59.7 Å². The molecule has 5 heterocycles. The molecule has 2 atom stereocenters. The highest BCUT2D eigenvalue weighted by Crippen LogP contribution is 2.47. The number of hydrogen-bond donors (Lipinski definition) is 1. The van der Waals surface area contributed by atoms with Gasteiger partial charge in [-0.3, -0.25) is 19.2 Å². The van der Waals surface area contributed by atoms with Crippen LogP contribution in [0.3, 0.4) is 0 Å². The summed E-state index contributed by atoms with van der Waals surface area (Å²) in [6, 6.07) is 11.7. The number of hydrogen-bond acceptors (Lipinski definition) is 4. The zero-order chi connectivity index (χ0) is 24.3. The quantitative estimate of drug-likeness (QED) is 0.479. The minimum absolute atomic E-state index is 0.0211. The summed E-state index contributed by atoms with van der Waals surface area (Å²) in [7, 11) is 2.00. The lowest BCUT2D eigenvalue weighted by Gasteiger charge is -2.33. The molecule has 0 spiro atoms. The maximum Gasteiger partial charge on any atom is 0.408 e. The number of aryl methyl sites for hydroxylation is 1. The third-order valence-corrected chi connectivity index (χ3v) is 7.18. The van der Waals surface area contributed by atoms with E-state index in [1.807, 2.05) is 25.2 Å². The number of nitrogens with zero attached hydrogens (tertiary/aromatic N) is 4. The van der Waals surface area contributed by atoms with Gasteiger partial charge in [0.25, 0.3) is 5.56 Å². The molecule has 2 aliphatic rings. The highest BCUT2D eigenvalue weighted by Gasteiger charge is 2.45. The first kappa shape index (κ1) is 21.4. The van der Waals surface area contributed by atoms with E-state index in [2.05, 4.69) is 9.55 Å². The minimum atomic E-state index is -0.860. The van der Waals surface area contributed by atoms with Crippen molar-refractivity contribution in [2.24, 2.45) is 7.05 Å². The van der Waals surface area contributed by atoms with Crippen LogP contribution in [0.4, 0.5) is 9.18 Å². The summed E-state index contributed by atoms with van der Waals surface area (Å²) in [4.78, 5) is 30.3. The van der Waals surface area contributed by atoms with Gasteiger partial charge in [-0.2, -0.15) is 0 Å². The van der Waals surface area contributed by atoms with Crippen molar-refractivity contribution in [2.45, 2.75) is 38.0 Å². The smallest absolute Gasteiger partial charge is 0.408 e. The maximum absolute atomic E-state index is 13.0.